The fourth-order valence-corrected chi connectivity index (χ4v) is 3.94. The molecular weight excluding hydrogens is 319 g/mol. The van der Waals surface area contributed by atoms with Crippen LogP contribution in [-0.4, -0.2) is 26.2 Å². The van der Waals surface area contributed by atoms with E-state index in [2.05, 4.69) is 4.72 Å². The van der Waals surface area contributed by atoms with Crippen LogP contribution in [0.5, 0.6) is 0 Å². The molecule has 1 saturated carbocycles. The maximum absolute atomic E-state index is 12.7. The van der Waals surface area contributed by atoms with Crippen molar-refractivity contribution in [2.24, 2.45) is 5.92 Å². The van der Waals surface area contributed by atoms with Crippen LogP contribution in [0.15, 0.2) is 29.2 Å². The van der Waals surface area contributed by atoms with E-state index >= 15 is 0 Å². The summed E-state index contributed by atoms with van der Waals surface area (Å²) in [5, 5.41) is 9.05. The smallest absolute Gasteiger partial charge is 0.396 e. The Morgan fingerprint density at radius 3 is 2.36 bits per heavy atom. The summed E-state index contributed by atoms with van der Waals surface area (Å²) < 4.78 is 64.8. The maximum atomic E-state index is 12.7. The Kier molecular flexibility index (Phi) is 5.14. The summed E-state index contributed by atoms with van der Waals surface area (Å²) in [6.07, 6.45) is -2.03. The second kappa shape index (κ2) is 6.55. The van der Waals surface area contributed by atoms with Crippen LogP contribution in [-0.2, 0) is 16.2 Å². The molecule has 0 atom stereocenters. The molecule has 22 heavy (non-hydrogen) atoms. The number of benzene rings is 1. The topological polar surface area (TPSA) is 66.4 Å². The van der Waals surface area contributed by atoms with Crippen molar-refractivity contribution in [1.82, 2.24) is 4.72 Å². The van der Waals surface area contributed by atoms with Crippen molar-refractivity contribution in [3.63, 3.8) is 0 Å². The molecule has 0 saturated heterocycles. The van der Waals surface area contributed by atoms with Gasteiger partial charge in [0.25, 0.3) is 0 Å². The van der Waals surface area contributed by atoms with Gasteiger partial charge in [0.1, 0.15) is 0 Å². The molecule has 0 aromatic heterocycles. The molecule has 0 amide bonds. The number of aliphatic hydroxyl groups excluding tert-OH is 1. The second-order valence-electron chi connectivity index (χ2n) is 5.55. The van der Waals surface area contributed by atoms with Gasteiger partial charge in [-0.1, -0.05) is 6.07 Å². The molecule has 1 fully saturated rings. The van der Waals surface area contributed by atoms with Crippen molar-refractivity contribution < 1.29 is 26.7 Å². The van der Waals surface area contributed by atoms with Crippen LogP contribution in [0.1, 0.15) is 31.2 Å². The molecule has 4 nitrogen and oxygen atoms in total. The average molecular weight is 337 g/mol. The quantitative estimate of drug-likeness (QED) is 0.887. The first-order valence-corrected chi connectivity index (χ1v) is 8.51. The minimum absolute atomic E-state index is 0.0765. The summed E-state index contributed by atoms with van der Waals surface area (Å²) in [5.41, 5.74) is -0.987. The van der Waals surface area contributed by atoms with Gasteiger partial charge in [0, 0.05) is 12.6 Å². The van der Waals surface area contributed by atoms with E-state index in [0.29, 0.717) is 31.7 Å². The van der Waals surface area contributed by atoms with Gasteiger partial charge in [0.2, 0.25) is 10.0 Å². The lowest BCUT2D eigenvalue weighted by Gasteiger charge is -2.27. The van der Waals surface area contributed by atoms with Crippen LogP contribution in [0.25, 0.3) is 0 Å². The molecule has 1 aliphatic carbocycles. The van der Waals surface area contributed by atoms with E-state index in [0.717, 1.165) is 18.2 Å². The molecule has 1 aliphatic rings. The number of hydrogen-bond donors (Lipinski definition) is 2. The highest BCUT2D eigenvalue weighted by Gasteiger charge is 2.32. The molecule has 1 aromatic rings. The molecule has 0 unspecified atom stereocenters. The fraction of sp³-hybridized carbons (Fsp3) is 0.571. The van der Waals surface area contributed by atoms with E-state index in [1.165, 1.54) is 0 Å². The van der Waals surface area contributed by atoms with Crippen LogP contribution in [0, 0.1) is 5.92 Å². The zero-order valence-corrected chi connectivity index (χ0v) is 12.6. The normalized spacial score (nSPS) is 23.5. The van der Waals surface area contributed by atoms with E-state index in [9.17, 15) is 21.6 Å². The van der Waals surface area contributed by atoms with Gasteiger partial charge in [0.05, 0.1) is 10.5 Å². The van der Waals surface area contributed by atoms with Gasteiger partial charge in [-0.25, -0.2) is 13.1 Å². The Balaban J connectivity index is 2.11. The van der Waals surface area contributed by atoms with E-state index in [1.54, 1.807) is 0 Å². The van der Waals surface area contributed by atoms with Gasteiger partial charge in [-0.15, -0.1) is 0 Å². The Hall–Kier alpha value is -1.12. The van der Waals surface area contributed by atoms with Crippen molar-refractivity contribution >= 4 is 10.0 Å². The van der Waals surface area contributed by atoms with Crippen LogP contribution in [0.4, 0.5) is 13.2 Å². The van der Waals surface area contributed by atoms with Crippen molar-refractivity contribution in [3.05, 3.63) is 29.8 Å². The Bertz CT molecular complexity index is 608. The molecule has 2 rings (SSSR count). The number of halogens is 3. The maximum Gasteiger partial charge on any atom is 0.416 e. The number of aliphatic hydroxyl groups is 1. The Labute approximate surface area is 127 Å². The molecule has 0 heterocycles. The highest BCUT2D eigenvalue weighted by molar-refractivity contribution is 7.89. The van der Waals surface area contributed by atoms with Crippen LogP contribution in [0.3, 0.4) is 0 Å². The number of rotatable bonds is 4. The lowest BCUT2D eigenvalue weighted by atomic mass is 9.87. The molecule has 124 valence electrons. The number of sulfonamides is 1. The Morgan fingerprint density at radius 1 is 1.18 bits per heavy atom. The van der Waals surface area contributed by atoms with Gasteiger partial charge in [-0.05, 0) is 49.8 Å². The van der Waals surface area contributed by atoms with Crippen molar-refractivity contribution in [2.45, 2.75) is 42.8 Å². The highest BCUT2D eigenvalue weighted by atomic mass is 32.2. The Morgan fingerprint density at radius 2 is 1.82 bits per heavy atom. The SMILES string of the molecule is O=S(=O)(NC1CCC(CO)CC1)c1cccc(C(F)(F)F)c1. The van der Waals surface area contributed by atoms with Crippen LogP contribution in [0.2, 0.25) is 0 Å². The minimum Gasteiger partial charge on any atom is -0.396 e. The zero-order chi connectivity index (χ0) is 16.4. The van der Waals surface area contributed by atoms with E-state index in [4.69, 9.17) is 5.11 Å². The summed E-state index contributed by atoms with van der Waals surface area (Å²) in [6.45, 7) is 0.0765. The molecule has 0 radical (unpaired) electrons. The lowest BCUT2D eigenvalue weighted by molar-refractivity contribution is -0.137. The molecule has 0 aliphatic heterocycles. The largest absolute Gasteiger partial charge is 0.416 e. The molecule has 1 aromatic carbocycles. The van der Waals surface area contributed by atoms with Crippen LogP contribution >= 0.6 is 0 Å². The third-order valence-electron chi connectivity index (χ3n) is 3.90. The van der Waals surface area contributed by atoms with Crippen molar-refractivity contribution in [1.29, 1.82) is 0 Å². The first-order valence-electron chi connectivity index (χ1n) is 7.03. The number of alkyl halides is 3. The summed E-state index contributed by atoms with van der Waals surface area (Å²) in [4.78, 5) is -0.383. The van der Waals surface area contributed by atoms with Crippen molar-refractivity contribution in [2.75, 3.05) is 6.61 Å². The summed E-state index contributed by atoms with van der Waals surface area (Å²) >= 11 is 0. The predicted molar refractivity (Wildman–Crippen MR) is 74.6 cm³/mol. The van der Waals surface area contributed by atoms with E-state index in [-0.39, 0.29) is 23.5 Å². The van der Waals surface area contributed by atoms with Gasteiger partial charge in [-0.3, -0.25) is 0 Å². The average Bonchev–Trinajstić information content (AvgIpc) is 2.47. The van der Waals surface area contributed by atoms with Gasteiger partial charge < -0.3 is 5.11 Å². The van der Waals surface area contributed by atoms with Gasteiger partial charge in [-0.2, -0.15) is 13.2 Å². The highest BCUT2D eigenvalue weighted by Crippen LogP contribution is 2.31. The standard InChI is InChI=1S/C14H18F3NO3S/c15-14(16,17)11-2-1-3-13(8-11)22(20,21)18-12-6-4-10(9-19)5-7-12/h1-3,8,10,12,18-19H,4-7,9H2. The molecule has 0 spiro atoms. The second-order valence-corrected chi connectivity index (χ2v) is 7.26. The summed E-state index contributed by atoms with van der Waals surface area (Å²) in [7, 11) is -3.98. The van der Waals surface area contributed by atoms with Crippen LogP contribution < -0.4 is 4.72 Å². The molecule has 8 heteroatoms. The van der Waals surface area contributed by atoms with E-state index in [1.807, 2.05) is 0 Å². The third-order valence-corrected chi connectivity index (χ3v) is 5.42. The van der Waals surface area contributed by atoms with E-state index < -0.39 is 21.8 Å². The first-order chi connectivity index (χ1) is 10.2. The number of hydrogen-bond acceptors (Lipinski definition) is 3. The monoisotopic (exact) mass is 337 g/mol. The first kappa shape index (κ1) is 17.2. The third kappa shape index (κ3) is 4.21. The molecule has 0 bridgehead atoms. The zero-order valence-electron chi connectivity index (χ0n) is 11.8. The lowest BCUT2D eigenvalue weighted by Crippen LogP contribution is -2.38. The summed E-state index contributed by atoms with van der Waals surface area (Å²) in [5.74, 6) is 0.175. The summed E-state index contributed by atoms with van der Waals surface area (Å²) in [6, 6.07) is 3.41. The van der Waals surface area contributed by atoms with Crippen molar-refractivity contribution in [3.8, 4) is 0 Å². The molecule has 2 N–H and O–H groups in total. The number of nitrogens with one attached hydrogen (secondary N) is 1. The van der Waals surface area contributed by atoms with Gasteiger partial charge >= 0.3 is 6.18 Å². The minimum atomic E-state index is -4.58. The van der Waals surface area contributed by atoms with Gasteiger partial charge in [0.15, 0.2) is 0 Å². The molecular formula is C14H18F3NO3S. The predicted octanol–water partition coefficient (Wildman–Crippen LogP) is 2.53. The fourth-order valence-electron chi connectivity index (χ4n) is 2.59.